The molecule has 6 heteroatoms. The zero-order chi connectivity index (χ0) is 16.1. The summed E-state index contributed by atoms with van der Waals surface area (Å²) >= 11 is 0. The molecule has 0 bridgehead atoms. The number of benzene rings is 2. The minimum absolute atomic E-state index is 0.216. The van der Waals surface area contributed by atoms with Crippen molar-refractivity contribution in [3.63, 3.8) is 0 Å². The molecule has 2 heterocycles. The topological polar surface area (TPSA) is 54.8 Å². The Morgan fingerprint density at radius 2 is 1.96 bits per heavy atom. The molecule has 5 nitrogen and oxygen atoms in total. The van der Waals surface area contributed by atoms with Crippen LogP contribution < -0.4 is 10.1 Å². The molecule has 2 aromatic heterocycles. The average molecular weight is 309 g/mol. The van der Waals surface area contributed by atoms with Crippen LogP contribution in [0.4, 0.5) is 4.39 Å². The zero-order valence-corrected chi connectivity index (χ0v) is 12.7. The third kappa shape index (κ3) is 1.95. The van der Waals surface area contributed by atoms with Gasteiger partial charge in [0.15, 0.2) is 11.2 Å². The lowest BCUT2D eigenvalue weighted by Crippen LogP contribution is -2.27. The number of aromatic amines is 1. The molecule has 0 spiro atoms. The molecule has 1 N–H and O–H groups in total. The fourth-order valence-corrected chi connectivity index (χ4v) is 2.81. The third-order valence-electron chi connectivity index (χ3n) is 3.98. The molecule has 0 fully saturated rings. The molecule has 0 saturated carbocycles. The average Bonchev–Trinajstić information content (AvgIpc) is 2.89. The van der Waals surface area contributed by atoms with Gasteiger partial charge in [0.1, 0.15) is 11.3 Å². The van der Waals surface area contributed by atoms with Crippen LogP contribution in [0.15, 0.2) is 47.3 Å². The molecule has 0 aliphatic heterocycles. The number of para-hydroxylation sites is 2. The van der Waals surface area contributed by atoms with Crippen LogP contribution >= 0.6 is 0 Å². The molecule has 2 aromatic carbocycles. The molecule has 0 atom stereocenters. The highest BCUT2D eigenvalue weighted by Crippen LogP contribution is 2.13. The molecular formula is C17H14FN4O+. The van der Waals surface area contributed by atoms with Gasteiger partial charge >= 0.3 is 5.56 Å². The van der Waals surface area contributed by atoms with E-state index in [1.165, 1.54) is 10.7 Å². The molecule has 0 aliphatic rings. The fraction of sp³-hybridized carbons (Fsp3) is 0.118. The van der Waals surface area contributed by atoms with Crippen molar-refractivity contribution in [2.75, 3.05) is 0 Å². The van der Waals surface area contributed by atoms with Gasteiger partial charge in [-0.05, 0) is 49.7 Å². The van der Waals surface area contributed by atoms with Crippen molar-refractivity contribution in [2.24, 2.45) is 0 Å². The number of hydrogen-bond donors (Lipinski definition) is 1. The Labute approximate surface area is 130 Å². The maximum absolute atomic E-state index is 13.5. The second-order valence-electron chi connectivity index (χ2n) is 5.54. The second-order valence-corrected chi connectivity index (χ2v) is 5.54. The molecule has 0 saturated heterocycles. The van der Waals surface area contributed by atoms with Gasteiger partial charge in [-0.2, -0.15) is 0 Å². The van der Waals surface area contributed by atoms with E-state index in [-0.39, 0.29) is 11.4 Å². The van der Waals surface area contributed by atoms with Crippen LogP contribution in [0.2, 0.25) is 0 Å². The Balaban J connectivity index is 2.11. The van der Waals surface area contributed by atoms with Gasteiger partial charge in [0.05, 0.1) is 5.69 Å². The van der Waals surface area contributed by atoms with Gasteiger partial charge in [0.2, 0.25) is 0 Å². The first-order chi connectivity index (χ1) is 11.1. The Morgan fingerprint density at radius 3 is 2.74 bits per heavy atom. The minimum Gasteiger partial charge on any atom is -0.244 e. The smallest absolute Gasteiger partial charge is 0.244 e. The number of H-pyrrole nitrogens is 1. The molecule has 4 aromatic rings. The monoisotopic (exact) mass is 309 g/mol. The van der Waals surface area contributed by atoms with Crippen molar-refractivity contribution < 1.29 is 8.91 Å². The van der Waals surface area contributed by atoms with Crippen LogP contribution in [0.1, 0.15) is 11.3 Å². The highest BCUT2D eigenvalue weighted by atomic mass is 19.1. The predicted molar refractivity (Wildman–Crippen MR) is 84.3 cm³/mol. The summed E-state index contributed by atoms with van der Waals surface area (Å²) in [4.78, 5) is 17.3. The number of aryl methyl sites for hydroxylation is 2. The summed E-state index contributed by atoms with van der Waals surface area (Å²) in [6.45, 7) is 3.47. The predicted octanol–water partition coefficient (Wildman–Crippen LogP) is 2.21. The highest BCUT2D eigenvalue weighted by Gasteiger charge is 2.22. The Kier molecular flexibility index (Phi) is 2.81. The van der Waals surface area contributed by atoms with Gasteiger partial charge in [0, 0.05) is 0 Å². The molecule has 0 unspecified atom stereocenters. The summed E-state index contributed by atoms with van der Waals surface area (Å²) in [6.07, 6.45) is 0. The van der Waals surface area contributed by atoms with Crippen LogP contribution in [0.25, 0.3) is 22.2 Å². The number of fused-ring (bicyclic) bond motifs is 3. The summed E-state index contributed by atoms with van der Waals surface area (Å²) in [7, 11) is 0. The maximum atomic E-state index is 13.5. The maximum Gasteiger partial charge on any atom is 0.408 e. The Hall–Kier alpha value is -3.02. The quantitative estimate of drug-likeness (QED) is 0.548. The summed E-state index contributed by atoms with van der Waals surface area (Å²) in [5, 5.41) is 3.07. The van der Waals surface area contributed by atoms with E-state index in [2.05, 4.69) is 10.2 Å². The molecule has 0 radical (unpaired) electrons. The van der Waals surface area contributed by atoms with E-state index in [4.69, 9.17) is 0 Å². The van der Waals surface area contributed by atoms with E-state index in [1.54, 1.807) is 30.5 Å². The number of halogens is 1. The van der Waals surface area contributed by atoms with Crippen LogP contribution in [0, 0.1) is 19.7 Å². The first kappa shape index (κ1) is 13.6. The molecule has 114 valence electrons. The summed E-state index contributed by atoms with van der Waals surface area (Å²) in [5.41, 5.74) is 3.58. The van der Waals surface area contributed by atoms with Crippen molar-refractivity contribution in [1.82, 2.24) is 14.9 Å². The van der Waals surface area contributed by atoms with Gasteiger partial charge < -0.3 is 0 Å². The summed E-state index contributed by atoms with van der Waals surface area (Å²) < 4.78 is 16.6. The molecule has 0 amide bonds. The number of hydrogen-bond acceptors (Lipinski definition) is 2. The standard InChI is InChI=1S/C17H13FN4O/c1-10-9-12(7-8-13(10)18)21-17(23)16-11(2)19-14-5-3-4-6-15(14)22(16)20-21/h3-9H,1-2H3/p+1. The normalized spacial score (nSPS) is 11.4. The van der Waals surface area contributed by atoms with Crippen molar-refractivity contribution in [2.45, 2.75) is 13.8 Å². The minimum atomic E-state index is -0.297. The lowest BCUT2D eigenvalue weighted by Gasteiger charge is -1.98. The van der Waals surface area contributed by atoms with Crippen LogP contribution in [-0.2, 0) is 0 Å². The van der Waals surface area contributed by atoms with Gasteiger partial charge in [-0.25, -0.2) is 14.2 Å². The Bertz CT molecular complexity index is 1130. The summed E-state index contributed by atoms with van der Waals surface area (Å²) in [6, 6.07) is 12.2. The molecule has 0 aliphatic carbocycles. The highest BCUT2D eigenvalue weighted by molar-refractivity contribution is 5.72. The van der Waals surface area contributed by atoms with Crippen LogP contribution in [0.3, 0.4) is 0 Å². The van der Waals surface area contributed by atoms with E-state index in [9.17, 15) is 9.18 Å². The number of nitrogens with one attached hydrogen (secondary N) is 1. The number of rotatable bonds is 1. The Morgan fingerprint density at radius 1 is 1.17 bits per heavy atom. The van der Waals surface area contributed by atoms with Gasteiger partial charge in [-0.1, -0.05) is 22.0 Å². The fourth-order valence-electron chi connectivity index (χ4n) is 2.81. The molecule has 23 heavy (non-hydrogen) atoms. The third-order valence-corrected chi connectivity index (χ3v) is 3.98. The second kappa shape index (κ2) is 4.74. The van der Waals surface area contributed by atoms with Crippen molar-refractivity contribution in [1.29, 1.82) is 0 Å². The van der Waals surface area contributed by atoms with Crippen molar-refractivity contribution in [3.05, 3.63) is 69.9 Å². The van der Waals surface area contributed by atoms with Gasteiger partial charge in [0.25, 0.3) is 5.52 Å². The van der Waals surface area contributed by atoms with E-state index >= 15 is 0 Å². The van der Waals surface area contributed by atoms with Gasteiger partial charge in [-0.3, -0.25) is 0 Å². The SMILES string of the molecule is Cc1cc(-n2[nH][n+]3c(c(C)nc4ccccc43)c2=O)ccc1F. The lowest BCUT2D eigenvalue weighted by molar-refractivity contribution is -0.556. The number of nitrogens with zero attached hydrogens (tertiary/aromatic N) is 3. The number of aromatic nitrogens is 4. The first-order valence-electron chi connectivity index (χ1n) is 7.25. The summed E-state index contributed by atoms with van der Waals surface area (Å²) in [5.74, 6) is -0.297. The van der Waals surface area contributed by atoms with E-state index in [0.717, 1.165) is 11.0 Å². The van der Waals surface area contributed by atoms with Crippen LogP contribution in [0.5, 0.6) is 0 Å². The largest absolute Gasteiger partial charge is 0.408 e. The zero-order valence-electron chi connectivity index (χ0n) is 12.7. The lowest BCUT2D eigenvalue weighted by atomic mass is 10.2. The molecule has 4 rings (SSSR count). The van der Waals surface area contributed by atoms with E-state index < -0.39 is 0 Å². The van der Waals surface area contributed by atoms with Crippen molar-refractivity contribution >= 4 is 16.6 Å². The molecular weight excluding hydrogens is 295 g/mol. The van der Waals surface area contributed by atoms with Gasteiger partial charge in [-0.15, -0.1) is 4.52 Å². The van der Waals surface area contributed by atoms with E-state index in [1.807, 2.05) is 24.3 Å². The first-order valence-corrected chi connectivity index (χ1v) is 7.25. The van der Waals surface area contributed by atoms with Crippen LogP contribution in [-0.4, -0.2) is 14.9 Å². The van der Waals surface area contributed by atoms with E-state index in [0.29, 0.717) is 22.5 Å². The van der Waals surface area contributed by atoms with Crippen molar-refractivity contribution in [3.8, 4) is 5.69 Å².